The summed E-state index contributed by atoms with van der Waals surface area (Å²) in [6.45, 7) is 5.71. The molecule has 0 bridgehead atoms. The number of ketones is 2. The van der Waals surface area contributed by atoms with Gasteiger partial charge in [-0.1, -0.05) is 13.3 Å². The van der Waals surface area contributed by atoms with E-state index in [1.54, 1.807) is 24.3 Å². The number of unbranched alkanes of at least 4 members (excludes halogenated alkanes) is 2. The standard InChI is InChI=1S/C27H32O8/c1-4-8-20-22(10-9-19(16(2)28)26(20)30)33-11-6-5-7-12-34-24-15-23-18(13-21(24)17(3)29)14-25(35-23)27(31)32/h9-10,13,15,25,30H,4-8,11-12,14H2,1-3H3,(H,31,32). The maximum atomic E-state index is 12.1. The molecule has 8 heteroatoms. The largest absolute Gasteiger partial charge is 0.507 e. The molecule has 0 fully saturated rings. The molecule has 35 heavy (non-hydrogen) atoms. The Balaban J connectivity index is 1.49. The van der Waals surface area contributed by atoms with Crippen LogP contribution in [0.5, 0.6) is 23.0 Å². The van der Waals surface area contributed by atoms with Gasteiger partial charge in [0.05, 0.1) is 24.3 Å². The minimum absolute atomic E-state index is 0.000438. The van der Waals surface area contributed by atoms with E-state index in [1.807, 2.05) is 6.92 Å². The minimum Gasteiger partial charge on any atom is -0.507 e. The van der Waals surface area contributed by atoms with E-state index >= 15 is 0 Å². The third kappa shape index (κ3) is 6.32. The zero-order valence-electron chi connectivity index (χ0n) is 20.4. The van der Waals surface area contributed by atoms with Crippen molar-refractivity contribution in [3.05, 3.63) is 46.5 Å². The van der Waals surface area contributed by atoms with Crippen molar-refractivity contribution in [3.63, 3.8) is 0 Å². The van der Waals surface area contributed by atoms with Crippen molar-refractivity contribution < 1.29 is 38.8 Å². The number of rotatable bonds is 13. The van der Waals surface area contributed by atoms with E-state index in [1.165, 1.54) is 13.8 Å². The average molecular weight is 485 g/mol. The van der Waals surface area contributed by atoms with E-state index in [0.29, 0.717) is 59.1 Å². The Labute approximate surface area is 204 Å². The van der Waals surface area contributed by atoms with Gasteiger partial charge in [0.25, 0.3) is 0 Å². The Morgan fingerprint density at radius 1 is 0.971 bits per heavy atom. The van der Waals surface area contributed by atoms with Crippen LogP contribution in [0.3, 0.4) is 0 Å². The van der Waals surface area contributed by atoms with Gasteiger partial charge in [-0.05, 0) is 63.3 Å². The van der Waals surface area contributed by atoms with Crippen LogP contribution in [-0.4, -0.2) is 47.1 Å². The summed E-state index contributed by atoms with van der Waals surface area (Å²) in [7, 11) is 0. The van der Waals surface area contributed by atoms with Gasteiger partial charge in [0.1, 0.15) is 23.0 Å². The van der Waals surface area contributed by atoms with Gasteiger partial charge in [-0.15, -0.1) is 0 Å². The van der Waals surface area contributed by atoms with Crippen LogP contribution in [0.25, 0.3) is 0 Å². The molecule has 0 aromatic heterocycles. The van der Waals surface area contributed by atoms with Crippen molar-refractivity contribution in [2.45, 2.75) is 65.4 Å². The van der Waals surface area contributed by atoms with Crippen LogP contribution in [0.15, 0.2) is 24.3 Å². The number of carbonyl (C=O) groups excluding carboxylic acids is 2. The lowest BCUT2D eigenvalue weighted by atomic mass is 10.0. The monoisotopic (exact) mass is 484 g/mol. The highest BCUT2D eigenvalue weighted by Gasteiger charge is 2.30. The van der Waals surface area contributed by atoms with E-state index in [9.17, 15) is 24.6 Å². The number of hydrogen-bond donors (Lipinski definition) is 2. The van der Waals surface area contributed by atoms with Crippen LogP contribution in [0.4, 0.5) is 0 Å². The van der Waals surface area contributed by atoms with E-state index in [-0.39, 0.29) is 23.7 Å². The number of phenols is 1. The van der Waals surface area contributed by atoms with Gasteiger partial charge in [0, 0.05) is 18.1 Å². The van der Waals surface area contributed by atoms with Crippen molar-refractivity contribution in [1.29, 1.82) is 0 Å². The average Bonchev–Trinajstić information content (AvgIpc) is 3.23. The van der Waals surface area contributed by atoms with E-state index in [0.717, 1.165) is 25.7 Å². The molecule has 3 rings (SSSR count). The smallest absolute Gasteiger partial charge is 0.345 e. The fourth-order valence-electron chi connectivity index (χ4n) is 4.08. The number of fused-ring (bicyclic) bond motifs is 1. The Hall–Kier alpha value is -3.55. The highest BCUT2D eigenvalue weighted by Crippen LogP contribution is 2.36. The number of phenolic OH excluding ortho intramolecular Hbond substituents is 1. The fourth-order valence-corrected chi connectivity index (χ4v) is 4.08. The number of hydrogen-bond acceptors (Lipinski definition) is 7. The molecule has 2 N–H and O–H groups in total. The Morgan fingerprint density at radius 3 is 2.23 bits per heavy atom. The van der Waals surface area contributed by atoms with E-state index < -0.39 is 12.1 Å². The number of Topliss-reactive ketones (excluding diaryl/α,β-unsaturated/α-hetero) is 2. The van der Waals surface area contributed by atoms with Gasteiger partial charge < -0.3 is 24.4 Å². The van der Waals surface area contributed by atoms with E-state index in [2.05, 4.69) is 0 Å². The lowest BCUT2D eigenvalue weighted by molar-refractivity contribution is -0.144. The van der Waals surface area contributed by atoms with Crippen molar-refractivity contribution >= 4 is 17.5 Å². The van der Waals surface area contributed by atoms with Gasteiger partial charge in [-0.2, -0.15) is 0 Å². The maximum Gasteiger partial charge on any atom is 0.345 e. The molecule has 1 aliphatic rings. The summed E-state index contributed by atoms with van der Waals surface area (Å²) >= 11 is 0. The number of carboxylic acids is 1. The van der Waals surface area contributed by atoms with Crippen LogP contribution >= 0.6 is 0 Å². The zero-order chi connectivity index (χ0) is 25.5. The molecule has 0 saturated heterocycles. The number of aliphatic carboxylic acids is 1. The molecule has 188 valence electrons. The highest BCUT2D eigenvalue weighted by atomic mass is 16.5. The first-order valence-corrected chi connectivity index (χ1v) is 11.9. The van der Waals surface area contributed by atoms with Gasteiger partial charge in [0.2, 0.25) is 0 Å². The SMILES string of the molecule is CCCc1c(OCCCCCOc2cc3c(cc2C(C)=O)CC(C(=O)O)O3)ccc(C(C)=O)c1O. The number of carboxylic acid groups (broad SMARTS) is 1. The molecule has 0 saturated carbocycles. The molecule has 2 aromatic rings. The summed E-state index contributed by atoms with van der Waals surface area (Å²) in [5.41, 5.74) is 2.07. The second-order valence-electron chi connectivity index (χ2n) is 8.66. The highest BCUT2D eigenvalue weighted by molar-refractivity contribution is 5.98. The topological polar surface area (TPSA) is 119 Å². The van der Waals surface area contributed by atoms with Crippen LogP contribution in [0.2, 0.25) is 0 Å². The van der Waals surface area contributed by atoms with Gasteiger partial charge in [-0.25, -0.2) is 4.79 Å². The van der Waals surface area contributed by atoms with E-state index in [4.69, 9.17) is 14.2 Å². The molecule has 0 spiro atoms. The molecule has 1 atom stereocenters. The molecule has 1 aliphatic heterocycles. The molecule has 0 radical (unpaired) electrons. The van der Waals surface area contributed by atoms with Crippen molar-refractivity contribution in [2.24, 2.45) is 0 Å². The van der Waals surface area contributed by atoms with Gasteiger partial charge in [-0.3, -0.25) is 9.59 Å². The first-order valence-electron chi connectivity index (χ1n) is 11.9. The maximum absolute atomic E-state index is 12.1. The van der Waals surface area contributed by atoms with Crippen LogP contribution < -0.4 is 14.2 Å². The number of benzene rings is 2. The van der Waals surface area contributed by atoms with Crippen LogP contribution in [-0.2, 0) is 17.6 Å². The molecule has 1 heterocycles. The summed E-state index contributed by atoms with van der Waals surface area (Å²) in [4.78, 5) is 35.0. The lowest BCUT2D eigenvalue weighted by Gasteiger charge is -2.15. The third-order valence-electron chi connectivity index (χ3n) is 5.91. The van der Waals surface area contributed by atoms with Gasteiger partial charge >= 0.3 is 5.97 Å². The van der Waals surface area contributed by atoms with Crippen molar-refractivity contribution in [1.82, 2.24) is 0 Å². The van der Waals surface area contributed by atoms with Crippen LogP contribution in [0.1, 0.15) is 78.3 Å². The molecule has 0 amide bonds. The summed E-state index contributed by atoms with van der Waals surface area (Å²) in [6, 6.07) is 6.58. The van der Waals surface area contributed by atoms with Crippen LogP contribution in [0, 0.1) is 0 Å². The zero-order valence-corrected chi connectivity index (χ0v) is 20.4. The molecular formula is C27H32O8. The molecule has 8 nitrogen and oxygen atoms in total. The quantitative estimate of drug-likeness (QED) is 0.308. The second kappa shape index (κ2) is 11.7. The first-order chi connectivity index (χ1) is 16.7. The lowest BCUT2D eigenvalue weighted by Crippen LogP contribution is -2.24. The first kappa shape index (κ1) is 26.1. The number of aromatic hydroxyl groups is 1. The second-order valence-corrected chi connectivity index (χ2v) is 8.66. The summed E-state index contributed by atoms with van der Waals surface area (Å²) in [5.74, 6) is 0.0421. The fraction of sp³-hybridized carbons (Fsp3) is 0.444. The molecular weight excluding hydrogens is 452 g/mol. The molecule has 2 aromatic carbocycles. The Morgan fingerprint density at radius 2 is 1.63 bits per heavy atom. The predicted molar refractivity (Wildman–Crippen MR) is 129 cm³/mol. The summed E-state index contributed by atoms with van der Waals surface area (Å²) < 4.78 is 17.2. The Kier molecular flexibility index (Phi) is 8.73. The van der Waals surface area contributed by atoms with Gasteiger partial charge in [0.15, 0.2) is 17.7 Å². The third-order valence-corrected chi connectivity index (χ3v) is 5.91. The van der Waals surface area contributed by atoms with Crippen molar-refractivity contribution in [2.75, 3.05) is 13.2 Å². The predicted octanol–water partition coefficient (Wildman–Crippen LogP) is 4.77. The molecule has 0 aliphatic carbocycles. The number of carbonyl (C=O) groups is 3. The summed E-state index contributed by atoms with van der Waals surface area (Å²) in [5, 5.41) is 19.6. The molecule has 1 unspecified atom stereocenters. The normalized spacial score (nSPS) is 14.2. The number of ether oxygens (including phenoxy) is 3. The minimum atomic E-state index is -1.04. The Bertz CT molecular complexity index is 1100. The van der Waals surface area contributed by atoms with Crippen molar-refractivity contribution in [3.8, 4) is 23.0 Å². The summed E-state index contributed by atoms with van der Waals surface area (Å²) in [6.07, 6.45) is 3.02.